The van der Waals surface area contributed by atoms with Crippen molar-refractivity contribution in [3.63, 3.8) is 0 Å². The molecule has 0 N–H and O–H groups in total. The first-order chi connectivity index (χ1) is 6.84. The summed E-state index contributed by atoms with van der Waals surface area (Å²) in [5, 5.41) is 4.26. The first-order valence-corrected chi connectivity index (χ1v) is 6.77. The molecule has 0 aliphatic carbocycles. The Balaban J connectivity index is 1.89. The highest BCUT2D eigenvalue weighted by molar-refractivity contribution is 9.10. The quantitative estimate of drug-likeness (QED) is 0.825. The van der Waals surface area contributed by atoms with E-state index in [1.54, 1.807) is 0 Å². The zero-order valence-corrected chi connectivity index (χ0v) is 10.4. The van der Waals surface area contributed by atoms with Crippen LogP contribution in [0, 0.1) is 0 Å². The van der Waals surface area contributed by atoms with E-state index in [4.69, 9.17) is 0 Å². The Labute approximate surface area is 97.0 Å². The summed E-state index contributed by atoms with van der Waals surface area (Å²) >= 11 is 5.46. The van der Waals surface area contributed by atoms with Crippen LogP contribution in [0.3, 0.4) is 0 Å². The van der Waals surface area contributed by atoms with Crippen LogP contribution in [0.5, 0.6) is 0 Å². The average Bonchev–Trinajstić information content (AvgIpc) is 2.43. The van der Waals surface area contributed by atoms with Gasteiger partial charge in [0.25, 0.3) is 0 Å². The Morgan fingerprint density at radius 3 is 3.14 bits per heavy atom. The molecule has 3 nitrogen and oxygen atoms in total. The Morgan fingerprint density at radius 1 is 1.43 bits per heavy atom. The van der Waals surface area contributed by atoms with Crippen molar-refractivity contribution in [2.75, 3.05) is 24.6 Å². The maximum Gasteiger partial charge on any atom is 0.0929 e. The van der Waals surface area contributed by atoms with Crippen LogP contribution in [0.4, 0.5) is 0 Å². The Hall–Kier alpha value is -0.0000000000000000833. The van der Waals surface area contributed by atoms with Crippen molar-refractivity contribution >= 4 is 27.7 Å². The molecule has 0 bridgehead atoms. The minimum Gasteiger partial charge on any atom is -0.284 e. The predicted molar refractivity (Wildman–Crippen MR) is 63.4 cm³/mol. The largest absolute Gasteiger partial charge is 0.284 e. The van der Waals surface area contributed by atoms with Crippen molar-refractivity contribution in [3.8, 4) is 0 Å². The van der Waals surface area contributed by atoms with Crippen molar-refractivity contribution in [3.05, 3.63) is 16.9 Å². The summed E-state index contributed by atoms with van der Waals surface area (Å²) in [6.07, 6.45) is 5.16. The van der Waals surface area contributed by atoms with Crippen molar-refractivity contribution in [1.29, 1.82) is 0 Å². The Bertz CT molecular complexity index is 281. The molecule has 0 saturated carbocycles. The van der Waals surface area contributed by atoms with E-state index >= 15 is 0 Å². The first-order valence-electron chi connectivity index (χ1n) is 4.82. The fourth-order valence-corrected chi connectivity index (χ4v) is 2.81. The van der Waals surface area contributed by atoms with E-state index in [1.807, 2.05) is 17.1 Å². The molecule has 2 heterocycles. The highest BCUT2D eigenvalue weighted by Gasteiger charge is 2.09. The molecule has 1 saturated heterocycles. The smallest absolute Gasteiger partial charge is 0.0929 e. The van der Waals surface area contributed by atoms with E-state index < -0.39 is 0 Å². The molecule has 1 aromatic heterocycles. The van der Waals surface area contributed by atoms with Gasteiger partial charge in [-0.05, 0) is 28.1 Å². The van der Waals surface area contributed by atoms with Crippen LogP contribution in [0.2, 0.25) is 0 Å². The molecule has 0 radical (unpaired) electrons. The standard InChI is InChI=1S/C9H14BrN3S/c10-9-6-11-13(7-9)8-12-2-1-4-14-5-3-12/h6-7H,1-5,8H2. The van der Waals surface area contributed by atoms with Gasteiger partial charge in [0, 0.05) is 25.0 Å². The highest BCUT2D eigenvalue weighted by Crippen LogP contribution is 2.11. The third-order valence-corrected chi connectivity index (χ3v) is 3.72. The van der Waals surface area contributed by atoms with Gasteiger partial charge in [-0.25, -0.2) is 0 Å². The highest BCUT2D eigenvalue weighted by atomic mass is 79.9. The molecule has 5 heteroatoms. The molecule has 0 amide bonds. The predicted octanol–water partition coefficient (Wildman–Crippen LogP) is 2.04. The first kappa shape index (κ1) is 10.5. The molecule has 2 rings (SSSR count). The molecule has 1 aromatic rings. The molecule has 0 atom stereocenters. The summed E-state index contributed by atoms with van der Waals surface area (Å²) in [5.41, 5.74) is 0. The van der Waals surface area contributed by atoms with Crippen LogP contribution in [-0.2, 0) is 6.67 Å². The van der Waals surface area contributed by atoms with Gasteiger partial charge in [-0.2, -0.15) is 16.9 Å². The van der Waals surface area contributed by atoms with E-state index in [9.17, 15) is 0 Å². The summed E-state index contributed by atoms with van der Waals surface area (Å²) in [4.78, 5) is 2.46. The summed E-state index contributed by atoms with van der Waals surface area (Å²) in [6, 6.07) is 0. The molecule has 0 aromatic carbocycles. The van der Waals surface area contributed by atoms with Crippen LogP contribution < -0.4 is 0 Å². The molecule has 1 aliphatic heterocycles. The second-order valence-corrected chi connectivity index (χ2v) is 5.56. The van der Waals surface area contributed by atoms with Crippen molar-refractivity contribution in [2.45, 2.75) is 13.1 Å². The van der Waals surface area contributed by atoms with Crippen LogP contribution >= 0.6 is 27.7 Å². The lowest BCUT2D eigenvalue weighted by Crippen LogP contribution is -2.28. The summed E-state index contributed by atoms with van der Waals surface area (Å²) < 4.78 is 3.04. The second kappa shape index (κ2) is 5.19. The molecule has 14 heavy (non-hydrogen) atoms. The van der Waals surface area contributed by atoms with Gasteiger partial charge in [0.2, 0.25) is 0 Å². The molecule has 78 valence electrons. The monoisotopic (exact) mass is 275 g/mol. The third-order valence-electron chi connectivity index (χ3n) is 2.26. The number of hydrogen-bond acceptors (Lipinski definition) is 3. The van der Waals surface area contributed by atoms with Gasteiger partial charge < -0.3 is 0 Å². The molecule has 1 fully saturated rings. The van der Waals surface area contributed by atoms with Crippen molar-refractivity contribution < 1.29 is 0 Å². The van der Waals surface area contributed by atoms with E-state index in [0.717, 1.165) is 11.1 Å². The average molecular weight is 276 g/mol. The fourth-order valence-electron chi connectivity index (χ4n) is 1.56. The normalized spacial score (nSPS) is 19.5. The zero-order valence-electron chi connectivity index (χ0n) is 8.03. The molecule has 0 unspecified atom stereocenters. The van der Waals surface area contributed by atoms with Gasteiger partial charge in [-0.15, -0.1) is 0 Å². The number of thioether (sulfide) groups is 1. The lowest BCUT2D eigenvalue weighted by atomic mass is 10.4. The van der Waals surface area contributed by atoms with Gasteiger partial charge >= 0.3 is 0 Å². The fraction of sp³-hybridized carbons (Fsp3) is 0.667. The van der Waals surface area contributed by atoms with Crippen LogP contribution in [0.15, 0.2) is 16.9 Å². The third kappa shape index (κ3) is 3.00. The van der Waals surface area contributed by atoms with Gasteiger partial charge in [0.05, 0.1) is 17.3 Å². The SMILES string of the molecule is Brc1cnn(CN2CCCSCC2)c1. The topological polar surface area (TPSA) is 21.1 Å². The van der Waals surface area contributed by atoms with Gasteiger partial charge in [0.1, 0.15) is 0 Å². The van der Waals surface area contributed by atoms with Crippen LogP contribution in [-0.4, -0.2) is 39.3 Å². The van der Waals surface area contributed by atoms with E-state index in [1.165, 1.54) is 31.0 Å². The summed E-state index contributed by atoms with van der Waals surface area (Å²) in [6.45, 7) is 3.30. The second-order valence-electron chi connectivity index (χ2n) is 3.42. The van der Waals surface area contributed by atoms with E-state index in [0.29, 0.717) is 0 Å². The maximum absolute atomic E-state index is 4.26. The van der Waals surface area contributed by atoms with Crippen LogP contribution in [0.25, 0.3) is 0 Å². The lowest BCUT2D eigenvalue weighted by molar-refractivity contribution is 0.223. The maximum atomic E-state index is 4.26. The Morgan fingerprint density at radius 2 is 2.36 bits per heavy atom. The van der Waals surface area contributed by atoms with E-state index in [2.05, 4.69) is 37.7 Å². The van der Waals surface area contributed by atoms with Crippen molar-refractivity contribution in [2.24, 2.45) is 0 Å². The number of hydrogen-bond donors (Lipinski definition) is 0. The number of aromatic nitrogens is 2. The number of halogens is 1. The van der Waals surface area contributed by atoms with Gasteiger partial charge in [-0.1, -0.05) is 0 Å². The van der Waals surface area contributed by atoms with Gasteiger partial charge in [-0.3, -0.25) is 9.58 Å². The summed E-state index contributed by atoms with van der Waals surface area (Å²) in [5.74, 6) is 2.56. The molecular formula is C9H14BrN3S. The minimum atomic E-state index is 0.923. The molecular weight excluding hydrogens is 262 g/mol. The molecule has 1 aliphatic rings. The Kier molecular flexibility index (Phi) is 3.89. The lowest BCUT2D eigenvalue weighted by Gasteiger charge is -2.18. The molecule has 0 spiro atoms. The van der Waals surface area contributed by atoms with Crippen molar-refractivity contribution in [1.82, 2.24) is 14.7 Å². The summed E-state index contributed by atoms with van der Waals surface area (Å²) in [7, 11) is 0. The van der Waals surface area contributed by atoms with E-state index in [-0.39, 0.29) is 0 Å². The number of rotatable bonds is 2. The number of nitrogens with zero attached hydrogens (tertiary/aromatic N) is 3. The minimum absolute atomic E-state index is 0.923. The zero-order chi connectivity index (χ0) is 9.80. The van der Waals surface area contributed by atoms with Gasteiger partial charge in [0.15, 0.2) is 0 Å². The van der Waals surface area contributed by atoms with Crippen LogP contribution in [0.1, 0.15) is 6.42 Å².